The first kappa shape index (κ1) is 17.7. The van der Waals surface area contributed by atoms with E-state index in [1.165, 1.54) is 0 Å². The van der Waals surface area contributed by atoms with Crippen LogP contribution >= 0.6 is 15.9 Å². The summed E-state index contributed by atoms with van der Waals surface area (Å²) in [5, 5.41) is 0. The number of hydrogen-bond donors (Lipinski definition) is 1. The van der Waals surface area contributed by atoms with Crippen LogP contribution in [0.15, 0.2) is 16.6 Å². The van der Waals surface area contributed by atoms with E-state index in [1.807, 2.05) is 13.8 Å². The highest BCUT2D eigenvalue weighted by Crippen LogP contribution is 2.28. The van der Waals surface area contributed by atoms with Crippen LogP contribution in [0.25, 0.3) is 0 Å². The Labute approximate surface area is 130 Å². The van der Waals surface area contributed by atoms with Crippen molar-refractivity contribution in [3.63, 3.8) is 0 Å². The van der Waals surface area contributed by atoms with E-state index in [0.29, 0.717) is 6.42 Å². The second-order valence-electron chi connectivity index (χ2n) is 5.45. The van der Waals surface area contributed by atoms with Gasteiger partial charge in [-0.05, 0) is 41.3 Å². The lowest BCUT2D eigenvalue weighted by molar-refractivity contribution is -0.0194. The molecule has 0 unspecified atom stereocenters. The zero-order valence-electron chi connectivity index (χ0n) is 12.1. The molecule has 0 spiro atoms. The fourth-order valence-corrected chi connectivity index (χ4v) is 2.40. The molecule has 0 radical (unpaired) electrons. The van der Waals surface area contributed by atoms with Crippen LogP contribution in [0, 0.1) is 17.6 Å². The molecule has 1 atom stereocenters. The van der Waals surface area contributed by atoms with Crippen molar-refractivity contribution in [2.24, 2.45) is 11.7 Å². The van der Waals surface area contributed by atoms with E-state index in [2.05, 4.69) is 15.9 Å². The minimum Gasteiger partial charge on any atom is -0.486 e. The normalized spacial score (nSPS) is 13.9. The van der Waals surface area contributed by atoms with E-state index in [0.717, 1.165) is 12.1 Å². The summed E-state index contributed by atoms with van der Waals surface area (Å²) in [6.45, 7) is 5.36. The number of ether oxygens (including phenoxy) is 2. The predicted octanol–water partition coefficient (Wildman–Crippen LogP) is 4.01. The van der Waals surface area contributed by atoms with E-state index in [1.54, 1.807) is 6.92 Å². The number of rotatable bonds is 6. The van der Waals surface area contributed by atoms with Crippen LogP contribution in [0.5, 0.6) is 5.75 Å². The van der Waals surface area contributed by atoms with Gasteiger partial charge >= 0.3 is 6.09 Å². The maximum Gasteiger partial charge on any atom is 0.405 e. The Bertz CT molecular complexity index is 525. The molecule has 0 aromatic heterocycles. The Morgan fingerprint density at radius 3 is 2.52 bits per heavy atom. The van der Waals surface area contributed by atoms with Crippen LogP contribution in [-0.2, 0) is 4.74 Å². The van der Waals surface area contributed by atoms with Crippen molar-refractivity contribution in [2.75, 3.05) is 6.61 Å². The highest BCUT2D eigenvalue weighted by Gasteiger charge is 2.31. The van der Waals surface area contributed by atoms with Gasteiger partial charge in [-0.1, -0.05) is 13.8 Å². The van der Waals surface area contributed by atoms with Crippen LogP contribution in [0.1, 0.15) is 27.2 Å². The fraction of sp³-hybridized carbons (Fsp3) is 0.500. The molecule has 0 saturated heterocycles. The van der Waals surface area contributed by atoms with Crippen molar-refractivity contribution in [1.82, 2.24) is 0 Å². The van der Waals surface area contributed by atoms with Crippen LogP contribution in [0.4, 0.5) is 13.6 Å². The SMILES string of the molecule is CC(C)C[C@@](C)(COc1cc(F)c(Br)cc1F)OC(N)=O. The number of benzene rings is 1. The number of halogens is 3. The molecule has 0 aliphatic carbocycles. The minimum atomic E-state index is -1.02. The van der Waals surface area contributed by atoms with E-state index in [9.17, 15) is 13.6 Å². The molecule has 1 amide bonds. The minimum absolute atomic E-state index is 0.00526. The number of amides is 1. The van der Waals surface area contributed by atoms with Gasteiger partial charge in [-0.3, -0.25) is 0 Å². The number of hydrogen-bond acceptors (Lipinski definition) is 3. The summed E-state index contributed by atoms with van der Waals surface area (Å²) < 4.78 is 37.4. The second kappa shape index (κ2) is 7.06. The fourth-order valence-electron chi connectivity index (χ4n) is 2.08. The van der Waals surface area contributed by atoms with Gasteiger partial charge in [0.25, 0.3) is 0 Å². The molecule has 0 aliphatic rings. The molecule has 0 saturated carbocycles. The molecule has 21 heavy (non-hydrogen) atoms. The molecule has 1 aromatic carbocycles. The topological polar surface area (TPSA) is 61.6 Å². The van der Waals surface area contributed by atoms with Crippen LogP contribution < -0.4 is 10.5 Å². The molecule has 0 heterocycles. The average molecular weight is 366 g/mol. The summed E-state index contributed by atoms with van der Waals surface area (Å²) in [7, 11) is 0. The third kappa shape index (κ3) is 5.49. The van der Waals surface area contributed by atoms with Crippen molar-refractivity contribution < 1.29 is 23.0 Å². The van der Waals surface area contributed by atoms with Gasteiger partial charge in [-0.2, -0.15) is 0 Å². The Kier molecular flexibility index (Phi) is 5.95. The molecule has 0 bridgehead atoms. The van der Waals surface area contributed by atoms with Gasteiger partial charge in [0.15, 0.2) is 11.6 Å². The first-order chi connectivity index (χ1) is 9.63. The summed E-state index contributed by atoms with van der Waals surface area (Å²) in [5.41, 5.74) is 4.02. The quantitative estimate of drug-likeness (QED) is 0.774. The Morgan fingerprint density at radius 2 is 2.00 bits per heavy atom. The number of carbonyl (C=O) groups excluding carboxylic acids is 1. The Balaban J connectivity index is 2.86. The van der Waals surface area contributed by atoms with E-state index >= 15 is 0 Å². The monoisotopic (exact) mass is 365 g/mol. The largest absolute Gasteiger partial charge is 0.486 e. The zero-order chi connectivity index (χ0) is 16.2. The van der Waals surface area contributed by atoms with Crippen molar-refractivity contribution >= 4 is 22.0 Å². The molecular weight excluding hydrogens is 348 g/mol. The molecule has 1 rings (SSSR count). The molecule has 0 aliphatic heterocycles. The number of carbonyl (C=O) groups is 1. The van der Waals surface area contributed by atoms with Crippen molar-refractivity contribution in [3.8, 4) is 5.75 Å². The molecule has 0 fully saturated rings. The lowest BCUT2D eigenvalue weighted by Gasteiger charge is -2.30. The van der Waals surface area contributed by atoms with Crippen molar-refractivity contribution in [3.05, 3.63) is 28.2 Å². The maximum atomic E-state index is 13.7. The summed E-state index contributed by atoms with van der Waals surface area (Å²) in [4.78, 5) is 11.0. The highest BCUT2D eigenvalue weighted by atomic mass is 79.9. The molecule has 118 valence electrons. The molecule has 4 nitrogen and oxygen atoms in total. The predicted molar refractivity (Wildman–Crippen MR) is 78.1 cm³/mol. The number of primary amides is 1. The average Bonchev–Trinajstić information content (AvgIpc) is 2.30. The number of nitrogens with two attached hydrogens (primary N) is 1. The molecular formula is C14H18BrF2NO3. The lowest BCUT2D eigenvalue weighted by atomic mass is 9.95. The van der Waals surface area contributed by atoms with Gasteiger partial charge < -0.3 is 15.2 Å². The summed E-state index contributed by atoms with van der Waals surface area (Å²) in [5.74, 6) is -1.41. The first-order valence-corrected chi connectivity index (χ1v) is 7.18. The summed E-state index contributed by atoms with van der Waals surface area (Å²) >= 11 is 2.88. The molecule has 2 N–H and O–H groups in total. The highest BCUT2D eigenvalue weighted by molar-refractivity contribution is 9.10. The first-order valence-electron chi connectivity index (χ1n) is 6.39. The Morgan fingerprint density at radius 1 is 1.38 bits per heavy atom. The maximum absolute atomic E-state index is 13.7. The van der Waals surface area contributed by atoms with Gasteiger partial charge in [-0.15, -0.1) is 0 Å². The lowest BCUT2D eigenvalue weighted by Crippen LogP contribution is -2.41. The van der Waals surface area contributed by atoms with Gasteiger partial charge in [0.1, 0.15) is 18.0 Å². The summed E-state index contributed by atoms with van der Waals surface area (Å²) in [6, 6.07) is 1.90. The van der Waals surface area contributed by atoms with E-state index in [4.69, 9.17) is 15.2 Å². The third-order valence-electron chi connectivity index (χ3n) is 2.69. The van der Waals surface area contributed by atoms with Crippen LogP contribution in [0.2, 0.25) is 0 Å². The Hall–Kier alpha value is -1.37. The van der Waals surface area contributed by atoms with Crippen LogP contribution in [-0.4, -0.2) is 18.3 Å². The molecule has 1 aromatic rings. The smallest absolute Gasteiger partial charge is 0.405 e. The van der Waals surface area contributed by atoms with Crippen molar-refractivity contribution in [1.29, 1.82) is 0 Å². The summed E-state index contributed by atoms with van der Waals surface area (Å²) in [6.07, 6.45) is -0.472. The van der Waals surface area contributed by atoms with Gasteiger partial charge in [0.2, 0.25) is 0 Å². The van der Waals surface area contributed by atoms with Crippen LogP contribution in [0.3, 0.4) is 0 Å². The van der Waals surface area contributed by atoms with E-state index in [-0.39, 0.29) is 22.7 Å². The van der Waals surface area contributed by atoms with Crippen molar-refractivity contribution in [2.45, 2.75) is 32.8 Å². The van der Waals surface area contributed by atoms with E-state index < -0.39 is 23.3 Å². The van der Waals surface area contributed by atoms with Gasteiger partial charge in [0.05, 0.1) is 4.47 Å². The van der Waals surface area contributed by atoms with Gasteiger partial charge in [-0.25, -0.2) is 13.6 Å². The standard InChI is InChI=1S/C14H18BrF2NO3/c1-8(2)6-14(3,21-13(18)19)7-20-12-5-10(16)9(15)4-11(12)17/h4-5,8H,6-7H2,1-3H3,(H2,18,19)/t14-/m0/s1. The van der Waals surface area contributed by atoms with Gasteiger partial charge in [0, 0.05) is 6.07 Å². The third-order valence-corrected chi connectivity index (χ3v) is 3.30. The second-order valence-corrected chi connectivity index (χ2v) is 6.31. The zero-order valence-corrected chi connectivity index (χ0v) is 13.7. The molecule has 7 heteroatoms.